The first-order valence-corrected chi connectivity index (χ1v) is 3.41. The van der Waals surface area contributed by atoms with Gasteiger partial charge >= 0.3 is 6.03 Å². The number of carbonyl (C=O) groups is 1. The van der Waals surface area contributed by atoms with E-state index >= 15 is 0 Å². The van der Waals surface area contributed by atoms with Gasteiger partial charge in [0.25, 0.3) is 0 Å². The van der Waals surface area contributed by atoms with E-state index in [-0.39, 0.29) is 6.03 Å². The first kappa shape index (κ1) is 9.23. The molecule has 2 amide bonds. The second kappa shape index (κ2) is 5.05. The number of nitrogens with zero attached hydrogens (tertiary/aromatic N) is 1. The molecule has 0 atom stereocenters. The van der Waals surface area contributed by atoms with Crippen molar-refractivity contribution in [1.29, 1.82) is 0 Å². The average Bonchev–Trinajstić information content (AvgIpc) is 1.89. The summed E-state index contributed by atoms with van der Waals surface area (Å²) in [5, 5.41) is 2.66. The number of amides is 2. The Hall–Kier alpha value is -0.770. The van der Waals surface area contributed by atoms with Crippen LogP contribution in [0.15, 0.2) is 0 Å². The van der Waals surface area contributed by atoms with Crippen molar-refractivity contribution in [2.45, 2.75) is 6.92 Å². The molecule has 0 aromatic heterocycles. The molecule has 0 saturated carbocycles. The molecule has 3 N–H and O–H groups in total. The summed E-state index contributed by atoms with van der Waals surface area (Å²) in [5.41, 5.74) is 5.24. The van der Waals surface area contributed by atoms with Crippen molar-refractivity contribution in [1.82, 2.24) is 10.2 Å². The Labute approximate surface area is 61.4 Å². The number of nitrogens with one attached hydrogen (secondary N) is 1. The molecule has 4 heteroatoms. The zero-order valence-corrected chi connectivity index (χ0v) is 6.55. The average molecular weight is 145 g/mol. The van der Waals surface area contributed by atoms with Gasteiger partial charge < -0.3 is 16.0 Å². The number of likely N-dealkylation sites (N-methyl/N-ethyl adjacent to an activating group) is 1. The summed E-state index contributed by atoms with van der Waals surface area (Å²) in [5.74, 6) is 0. The largest absolute Gasteiger partial charge is 0.338 e. The summed E-state index contributed by atoms with van der Waals surface area (Å²) in [6.45, 7) is 3.65. The Morgan fingerprint density at radius 1 is 1.70 bits per heavy atom. The molecule has 0 unspecified atom stereocenters. The summed E-state index contributed by atoms with van der Waals surface area (Å²) >= 11 is 0. The molecule has 0 bridgehead atoms. The van der Waals surface area contributed by atoms with Gasteiger partial charge in [-0.05, 0) is 6.92 Å². The maximum Gasteiger partial charge on any atom is 0.317 e. The molecule has 0 aliphatic carbocycles. The minimum atomic E-state index is -0.0621. The van der Waals surface area contributed by atoms with Crippen LogP contribution in [0.4, 0.5) is 4.79 Å². The van der Waals surface area contributed by atoms with Gasteiger partial charge in [-0.15, -0.1) is 0 Å². The molecular weight excluding hydrogens is 130 g/mol. The van der Waals surface area contributed by atoms with Crippen molar-refractivity contribution >= 4 is 6.03 Å². The summed E-state index contributed by atoms with van der Waals surface area (Å²) in [6, 6.07) is -0.0621. The van der Waals surface area contributed by atoms with Gasteiger partial charge in [0.05, 0.1) is 0 Å². The Balaban J connectivity index is 3.49. The predicted molar refractivity (Wildman–Crippen MR) is 40.8 cm³/mol. The Kier molecular flexibility index (Phi) is 4.66. The van der Waals surface area contributed by atoms with Gasteiger partial charge in [0.1, 0.15) is 0 Å². The van der Waals surface area contributed by atoms with Gasteiger partial charge in [0.15, 0.2) is 0 Å². The van der Waals surface area contributed by atoms with E-state index in [2.05, 4.69) is 5.32 Å². The fourth-order valence-corrected chi connectivity index (χ4v) is 0.581. The van der Waals surface area contributed by atoms with E-state index in [9.17, 15) is 4.79 Å². The Morgan fingerprint density at radius 2 is 2.30 bits per heavy atom. The lowest BCUT2D eigenvalue weighted by Gasteiger charge is -2.15. The third-order valence-electron chi connectivity index (χ3n) is 1.14. The van der Waals surface area contributed by atoms with Crippen LogP contribution in [0.25, 0.3) is 0 Å². The second-order valence-corrected chi connectivity index (χ2v) is 2.05. The zero-order valence-electron chi connectivity index (χ0n) is 6.55. The van der Waals surface area contributed by atoms with Crippen LogP contribution in [0.5, 0.6) is 0 Å². The predicted octanol–water partition coefficient (Wildman–Crippen LogP) is -0.394. The molecule has 0 aromatic rings. The van der Waals surface area contributed by atoms with Crippen LogP contribution in [0.3, 0.4) is 0 Å². The van der Waals surface area contributed by atoms with Gasteiger partial charge in [0.2, 0.25) is 0 Å². The first-order chi connectivity index (χ1) is 4.72. The molecule has 4 nitrogen and oxygen atoms in total. The van der Waals surface area contributed by atoms with Gasteiger partial charge in [-0.25, -0.2) is 4.79 Å². The maximum atomic E-state index is 10.9. The molecule has 0 fully saturated rings. The van der Waals surface area contributed by atoms with Crippen molar-refractivity contribution < 1.29 is 4.79 Å². The van der Waals surface area contributed by atoms with Crippen LogP contribution >= 0.6 is 0 Å². The number of hydrogen-bond acceptors (Lipinski definition) is 2. The minimum Gasteiger partial charge on any atom is -0.338 e. The van der Waals surface area contributed by atoms with Crippen LogP contribution < -0.4 is 11.1 Å². The van der Waals surface area contributed by atoms with Crippen LogP contribution in [-0.4, -0.2) is 37.6 Å². The summed E-state index contributed by atoms with van der Waals surface area (Å²) < 4.78 is 0. The smallest absolute Gasteiger partial charge is 0.317 e. The van der Waals surface area contributed by atoms with E-state index in [0.717, 1.165) is 0 Å². The SMILES string of the molecule is CCNC(=O)N(C)CCN. The van der Waals surface area contributed by atoms with Gasteiger partial charge in [-0.1, -0.05) is 0 Å². The summed E-state index contributed by atoms with van der Waals surface area (Å²) in [6.07, 6.45) is 0. The molecule has 0 spiro atoms. The second-order valence-electron chi connectivity index (χ2n) is 2.05. The van der Waals surface area contributed by atoms with E-state index in [1.165, 1.54) is 0 Å². The van der Waals surface area contributed by atoms with Gasteiger partial charge in [0, 0.05) is 26.7 Å². The van der Waals surface area contributed by atoms with Crippen LogP contribution in [0.1, 0.15) is 6.92 Å². The van der Waals surface area contributed by atoms with Crippen molar-refractivity contribution in [3.8, 4) is 0 Å². The van der Waals surface area contributed by atoms with E-state index in [1.54, 1.807) is 11.9 Å². The van der Waals surface area contributed by atoms with Crippen LogP contribution in [0.2, 0.25) is 0 Å². The van der Waals surface area contributed by atoms with E-state index in [4.69, 9.17) is 5.73 Å². The van der Waals surface area contributed by atoms with Crippen molar-refractivity contribution in [2.75, 3.05) is 26.7 Å². The molecular formula is C6H15N3O. The number of nitrogens with two attached hydrogens (primary N) is 1. The van der Waals surface area contributed by atoms with Gasteiger partial charge in [-0.2, -0.15) is 0 Å². The fourth-order valence-electron chi connectivity index (χ4n) is 0.581. The molecule has 0 radical (unpaired) electrons. The van der Waals surface area contributed by atoms with E-state index in [0.29, 0.717) is 19.6 Å². The molecule has 0 aliphatic heterocycles. The zero-order chi connectivity index (χ0) is 7.98. The third kappa shape index (κ3) is 3.29. The molecule has 0 heterocycles. The van der Waals surface area contributed by atoms with Crippen LogP contribution in [0, 0.1) is 0 Å². The van der Waals surface area contributed by atoms with Gasteiger partial charge in [-0.3, -0.25) is 0 Å². The monoisotopic (exact) mass is 145 g/mol. The Morgan fingerprint density at radius 3 is 2.70 bits per heavy atom. The molecule has 60 valence electrons. The molecule has 0 aliphatic rings. The number of carbonyl (C=O) groups excluding carboxylic acids is 1. The fraction of sp³-hybridized carbons (Fsp3) is 0.833. The van der Waals surface area contributed by atoms with Crippen LogP contribution in [-0.2, 0) is 0 Å². The molecule has 10 heavy (non-hydrogen) atoms. The van der Waals surface area contributed by atoms with Crippen molar-refractivity contribution in [3.05, 3.63) is 0 Å². The highest BCUT2D eigenvalue weighted by Gasteiger charge is 2.03. The normalized spacial score (nSPS) is 9.10. The van der Waals surface area contributed by atoms with Crippen molar-refractivity contribution in [2.24, 2.45) is 5.73 Å². The summed E-state index contributed by atoms with van der Waals surface area (Å²) in [4.78, 5) is 12.5. The number of hydrogen-bond donors (Lipinski definition) is 2. The minimum absolute atomic E-state index is 0.0621. The third-order valence-corrected chi connectivity index (χ3v) is 1.14. The van der Waals surface area contributed by atoms with E-state index < -0.39 is 0 Å². The highest BCUT2D eigenvalue weighted by molar-refractivity contribution is 5.73. The lowest BCUT2D eigenvalue weighted by molar-refractivity contribution is 0.210. The number of urea groups is 1. The molecule has 0 rings (SSSR count). The highest BCUT2D eigenvalue weighted by Crippen LogP contribution is 1.80. The first-order valence-electron chi connectivity index (χ1n) is 3.41. The topological polar surface area (TPSA) is 58.4 Å². The lowest BCUT2D eigenvalue weighted by Crippen LogP contribution is -2.39. The maximum absolute atomic E-state index is 10.9. The standard InChI is InChI=1S/C6H15N3O/c1-3-8-6(10)9(2)5-4-7/h3-5,7H2,1-2H3,(H,8,10). The highest BCUT2D eigenvalue weighted by atomic mass is 16.2. The van der Waals surface area contributed by atoms with Crippen molar-refractivity contribution in [3.63, 3.8) is 0 Å². The molecule has 0 aromatic carbocycles. The van der Waals surface area contributed by atoms with E-state index in [1.807, 2.05) is 6.92 Å². The quantitative estimate of drug-likeness (QED) is 0.568. The lowest BCUT2D eigenvalue weighted by atomic mass is 10.6. The Bertz CT molecular complexity index is 105. The number of rotatable bonds is 3. The summed E-state index contributed by atoms with van der Waals surface area (Å²) in [7, 11) is 1.72. The molecule has 0 saturated heterocycles.